The molecule has 1 saturated heterocycles. The predicted octanol–water partition coefficient (Wildman–Crippen LogP) is 0.735. The van der Waals surface area contributed by atoms with Crippen LogP contribution >= 0.6 is 0 Å². The Morgan fingerprint density at radius 3 is 2.42 bits per heavy atom. The van der Waals surface area contributed by atoms with Crippen molar-refractivity contribution in [3.05, 3.63) is 24.3 Å². The minimum absolute atomic E-state index is 0.337. The molecule has 1 fully saturated rings. The maximum Gasteiger partial charge on any atom is 0.242 e. The van der Waals surface area contributed by atoms with Crippen LogP contribution in [0.15, 0.2) is 29.2 Å². The van der Waals surface area contributed by atoms with E-state index in [2.05, 4.69) is 17.1 Å². The molecule has 1 aliphatic heterocycles. The monoisotopic (exact) mass is 283 g/mol. The lowest BCUT2D eigenvalue weighted by Gasteiger charge is -2.33. The fourth-order valence-electron chi connectivity index (χ4n) is 2.21. The third kappa shape index (κ3) is 3.08. The van der Waals surface area contributed by atoms with E-state index in [4.69, 9.17) is 0 Å². The van der Waals surface area contributed by atoms with Gasteiger partial charge in [-0.15, -0.1) is 0 Å². The van der Waals surface area contributed by atoms with Gasteiger partial charge in [-0.25, -0.2) is 12.7 Å². The summed E-state index contributed by atoms with van der Waals surface area (Å²) in [6, 6.07) is 7.58. The first-order valence-corrected chi connectivity index (χ1v) is 7.86. The van der Waals surface area contributed by atoms with Crippen LogP contribution in [-0.4, -0.2) is 52.5 Å². The summed E-state index contributed by atoms with van der Waals surface area (Å²) in [6.45, 7) is 5.00. The van der Waals surface area contributed by atoms with Gasteiger partial charge in [0.15, 0.2) is 0 Å². The van der Waals surface area contributed by atoms with Crippen molar-refractivity contribution in [3.8, 4) is 0 Å². The molecule has 0 bridgehead atoms. The lowest BCUT2D eigenvalue weighted by Crippen LogP contribution is -2.49. The van der Waals surface area contributed by atoms with E-state index in [1.54, 1.807) is 26.2 Å². The summed E-state index contributed by atoms with van der Waals surface area (Å²) in [6.07, 6.45) is 0. The Bertz CT molecular complexity index is 525. The topological polar surface area (TPSA) is 52.7 Å². The van der Waals surface area contributed by atoms with Gasteiger partial charge in [0.2, 0.25) is 10.0 Å². The largest absolute Gasteiger partial charge is 0.369 e. The summed E-state index contributed by atoms with van der Waals surface area (Å²) in [4.78, 5) is 2.61. The molecule has 0 amide bonds. The number of benzene rings is 1. The molecule has 6 heteroatoms. The molecular weight excluding hydrogens is 262 g/mol. The zero-order valence-electron chi connectivity index (χ0n) is 11.6. The fourth-order valence-corrected chi connectivity index (χ4v) is 3.11. The first-order chi connectivity index (χ1) is 8.91. The molecule has 1 heterocycles. The van der Waals surface area contributed by atoms with Crippen molar-refractivity contribution in [2.75, 3.05) is 38.6 Å². The minimum Gasteiger partial charge on any atom is -0.369 e. The van der Waals surface area contributed by atoms with Gasteiger partial charge in [0.25, 0.3) is 0 Å². The molecular formula is C13H21N3O2S. The lowest BCUT2D eigenvalue weighted by atomic mass is 10.2. The molecule has 106 valence electrons. The van der Waals surface area contributed by atoms with E-state index in [9.17, 15) is 8.42 Å². The van der Waals surface area contributed by atoms with Crippen LogP contribution in [0.2, 0.25) is 0 Å². The van der Waals surface area contributed by atoms with E-state index in [0.717, 1.165) is 25.3 Å². The van der Waals surface area contributed by atoms with Crippen LogP contribution in [0.4, 0.5) is 5.69 Å². The average molecular weight is 283 g/mol. The zero-order chi connectivity index (χ0) is 14.0. The number of piperazine rings is 1. The van der Waals surface area contributed by atoms with Gasteiger partial charge in [0.1, 0.15) is 0 Å². The molecule has 0 saturated carbocycles. The van der Waals surface area contributed by atoms with Crippen molar-refractivity contribution in [2.24, 2.45) is 0 Å². The molecule has 1 aromatic carbocycles. The van der Waals surface area contributed by atoms with E-state index < -0.39 is 10.0 Å². The van der Waals surface area contributed by atoms with Gasteiger partial charge in [-0.2, -0.15) is 0 Å². The SMILES string of the molecule is C[C@@H]1CN(c2ccc(S(=O)(=O)N(C)C)cc2)CCN1. The zero-order valence-corrected chi connectivity index (χ0v) is 12.4. The highest BCUT2D eigenvalue weighted by molar-refractivity contribution is 7.89. The molecule has 0 spiro atoms. The molecule has 0 unspecified atom stereocenters. The van der Waals surface area contributed by atoms with Gasteiger partial charge in [-0.1, -0.05) is 0 Å². The Morgan fingerprint density at radius 2 is 1.89 bits per heavy atom. The number of hydrogen-bond donors (Lipinski definition) is 1. The van der Waals surface area contributed by atoms with Crippen molar-refractivity contribution in [1.82, 2.24) is 9.62 Å². The van der Waals surface area contributed by atoms with Gasteiger partial charge in [-0.3, -0.25) is 0 Å². The first-order valence-electron chi connectivity index (χ1n) is 6.42. The van der Waals surface area contributed by atoms with Crippen molar-refractivity contribution >= 4 is 15.7 Å². The number of sulfonamides is 1. The van der Waals surface area contributed by atoms with Crippen LogP contribution in [0.5, 0.6) is 0 Å². The normalized spacial score (nSPS) is 20.8. The second-order valence-corrected chi connectivity index (χ2v) is 7.23. The molecule has 19 heavy (non-hydrogen) atoms. The van der Waals surface area contributed by atoms with Crippen LogP contribution in [0.3, 0.4) is 0 Å². The van der Waals surface area contributed by atoms with E-state index in [-0.39, 0.29) is 0 Å². The molecule has 1 atom stereocenters. The van der Waals surface area contributed by atoms with Crippen LogP contribution < -0.4 is 10.2 Å². The molecule has 0 aromatic heterocycles. The number of hydrogen-bond acceptors (Lipinski definition) is 4. The first kappa shape index (κ1) is 14.3. The molecule has 0 radical (unpaired) electrons. The number of nitrogens with one attached hydrogen (secondary N) is 1. The molecule has 0 aliphatic carbocycles. The highest BCUT2D eigenvalue weighted by Crippen LogP contribution is 2.20. The van der Waals surface area contributed by atoms with Crippen LogP contribution in [-0.2, 0) is 10.0 Å². The Balaban J connectivity index is 2.19. The highest BCUT2D eigenvalue weighted by atomic mass is 32.2. The predicted molar refractivity (Wildman–Crippen MR) is 77.0 cm³/mol. The summed E-state index contributed by atoms with van der Waals surface area (Å²) < 4.78 is 25.2. The van der Waals surface area contributed by atoms with Gasteiger partial charge in [0, 0.05) is 45.5 Å². The van der Waals surface area contributed by atoms with E-state index >= 15 is 0 Å². The fraction of sp³-hybridized carbons (Fsp3) is 0.538. The number of rotatable bonds is 3. The van der Waals surface area contributed by atoms with E-state index in [1.807, 2.05) is 12.1 Å². The summed E-state index contributed by atoms with van der Waals surface area (Å²) in [5.41, 5.74) is 1.08. The Labute approximate surface area is 115 Å². The Hall–Kier alpha value is -1.11. The molecule has 1 aromatic rings. The second-order valence-electron chi connectivity index (χ2n) is 5.08. The van der Waals surface area contributed by atoms with E-state index in [0.29, 0.717) is 10.9 Å². The second kappa shape index (κ2) is 5.48. The quantitative estimate of drug-likeness (QED) is 0.889. The molecule has 2 rings (SSSR count). The summed E-state index contributed by atoms with van der Waals surface area (Å²) in [7, 11) is -0.247. The van der Waals surface area contributed by atoms with Gasteiger partial charge >= 0.3 is 0 Å². The van der Waals surface area contributed by atoms with Gasteiger partial charge in [0.05, 0.1) is 4.90 Å². The van der Waals surface area contributed by atoms with Crippen LogP contribution in [0.1, 0.15) is 6.92 Å². The van der Waals surface area contributed by atoms with Crippen LogP contribution in [0.25, 0.3) is 0 Å². The van der Waals surface area contributed by atoms with Crippen molar-refractivity contribution in [2.45, 2.75) is 17.9 Å². The van der Waals surface area contributed by atoms with Crippen molar-refractivity contribution < 1.29 is 8.42 Å². The third-order valence-electron chi connectivity index (χ3n) is 3.35. The van der Waals surface area contributed by atoms with Crippen molar-refractivity contribution in [3.63, 3.8) is 0 Å². The summed E-state index contributed by atoms with van der Waals surface area (Å²) >= 11 is 0. The highest BCUT2D eigenvalue weighted by Gasteiger charge is 2.19. The number of nitrogens with zero attached hydrogens (tertiary/aromatic N) is 2. The van der Waals surface area contributed by atoms with Crippen LogP contribution in [0, 0.1) is 0 Å². The Kier molecular flexibility index (Phi) is 4.13. The maximum absolute atomic E-state index is 12.0. The standard InChI is InChI=1S/C13H21N3O2S/c1-11-10-16(9-8-14-11)12-4-6-13(7-5-12)19(17,18)15(2)3/h4-7,11,14H,8-10H2,1-3H3/t11-/m1/s1. The molecule has 5 nitrogen and oxygen atoms in total. The average Bonchev–Trinajstić information content (AvgIpc) is 2.38. The van der Waals surface area contributed by atoms with E-state index in [1.165, 1.54) is 4.31 Å². The smallest absolute Gasteiger partial charge is 0.242 e. The third-order valence-corrected chi connectivity index (χ3v) is 5.18. The summed E-state index contributed by atoms with van der Waals surface area (Å²) in [5, 5.41) is 3.39. The Morgan fingerprint density at radius 1 is 1.26 bits per heavy atom. The molecule has 1 aliphatic rings. The maximum atomic E-state index is 12.0. The number of anilines is 1. The van der Waals surface area contributed by atoms with Gasteiger partial charge in [-0.05, 0) is 31.2 Å². The van der Waals surface area contributed by atoms with Crippen molar-refractivity contribution in [1.29, 1.82) is 0 Å². The summed E-state index contributed by atoms with van der Waals surface area (Å²) in [5.74, 6) is 0. The van der Waals surface area contributed by atoms with Gasteiger partial charge < -0.3 is 10.2 Å². The molecule has 1 N–H and O–H groups in total. The minimum atomic E-state index is -3.33. The lowest BCUT2D eigenvalue weighted by molar-refractivity contribution is 0.484.